The molecule has 1 amide bonds. The van der Waals surface area contributed by atoms with Crippen LogP contribution >= 0.6 is 0 Å². The highest BCUT2D eigenvalue weighted by molar-refractivity contribution is 5.79. The molecule has 0 fully saturated rings. The molecule has 0 spiro atoms. The molecule has 6 nitrogen and oxygen atoms in total. The molecule has 0 radical (unpaired) electrons. The van der Waals surface area contributed by atoms with Gasteiger partial charge in [-0.25, -0.2) is 0 Å². The van der Waals surface area contributed by atoms with Gasteiger partial charge in [-0.05, 0) is 31.8 Å². The van der Waals surface area contributed by atoms with E-state index in [1.165, 1.54) is 7.11 Å². The molecule has 1 rings (SSSR count). The summed E-state index contributed by atoms with van der Waals surface area (Å²) in [7, 11) is 6.86. The Balaban J connectivity index is 2.65. The Morgan fingerprint density at radius 2 is 1.65 bits per heavy atom. The standard InChI is InChI=1S/C17H26N2O4/c1-18(2)11-12-19(10-9-17(21)23-4)16(20)13-14-5-7-15(22-3)8-6-14/h5-8H,9-13H2,1-4H3. The number of amides is 1. The number of ether oxygens (including phenoxy) is 2. The van der Waals surface area contributed by atoms with Gasteiger partial charge in [-0.15, -0.1) is 0 Å². The van der Waals surface area contributed by atoms with Crippen molar-refractivity contribution in [3.05, 3.63) is 29.8 Å². The average Bonchev–Trinajstić information content (AvgIpc) is 2.54. The Morgan fingerprint density at radius 1 is 1.00 bits per heavy atom. The van der Waals surface area contributed by atoms with Gasteiger partial charge in [-0.3, -0.25) is 9.59 Å². The lowest BCUT2D eigenvalue weighted by atomic mass is 10.1. The lowest BCUT2D eigenvalue weighted by Gasteiger charge is -2.24. The molecule has 0 unspecified atom stereocenters. The number of benzene rings is 1. The molecule has 0 bridgehead atoms. The molecule has 0 saturated heterocycles. The molecule has 0 aliphatic carbocycles. The Bertz CT molecular complexity index is 500. The zero-order chi connectivity index (χ0) is 17.2. The minimum atomic E-state index is -0.308. The molecule has 0 N–H and O–H groups in total. The molecule has 128 valence electrons. The maximum atomic E-state index is 12.5. The van der Waals surface area contributed by atoms with Crippen LogP contribution < -0.4 is 4.74 Å². The van der Waals surface area contributed by atoms with Crippen LogP contribution in [0.1, 0.15) is 12.0 Å². The number of hydrogen-bond acceptors (Lipinski definition) is 5. The maximum absolute atomic E-state index is 12.5. The van der Waals surface area contributed by atoms with Crippen molar-refractivity contribution >= 4 is 11.9 Å². The van der Waals surface area contributed by atoms with Gasteiger partial charge in [0.2, 0.25) is 5.91 Å². The van der Waals surface area contributed by atoms with Crippen molar-refractivity contribution in [1.29, 1.82) is 0 Å². The lowest BCUT2D eigenvalue weighted by Crippen LogP contribution is -2.39. The summed E-state index contributed by atoms with van der Waals surface area (Å²) < 4.78 is 9.76. The maximum Gasteiger partial charge on any atom is 0.307 e. The van der Waals surface area contributed by atoms with E-state index < -0.39 is 0 Å². The predicted molar refractivity (Wildman–Crippen MR) is 88.5 cm³/mol. The molecule has 0 atom stereocenters. The molecule has 0 aliphatic rings. The average molecular weight is 322 g/mol. The van der Waals surface area contributed by atoms with Gasteiger partial charge in [-0.2, -0.15) is 0 Å². The molecule has 0 aliphatic heterocycles. The van der Waals surface area contributed by atoms with Gasteiger partial charge in [0, 0.05) is 19.6 Å². The first-order valence-corrected chi connectivity index (χ1v) is 7.58. The Labute approximate surface area is 138 Å². The summed E-state index contributed by atoms with van der Waals surface area (Å²) in [4.78, 5) is 27.5. The van der Waals surface area contributed by atoms with Gasteiger partial charge in [0.05, 0.1) is 27.1 Å². The van der Waals surface area contributed by atoms with Gasteiger partial charge in [0.1, 0.15) is 5.75 Å². The third kappa shape index (κ3) is 7.15. The molecule has 0 heterocycles. The number of nitrogens with zero attached hydrogens (tertiary/aromatic N) is 2. The van der Waals surface area contributed by atoms with E-state index in [2.05, 4.69) is 4.74 Å². The van der Waals surface area contributed by atoms with Gasteiger partial charge in [0.25, 0.3) is 0 Å². The minimum absolute atomic E-state index is 0.000852. The number of methoxy groups -OCH3 is 2. The Morgan fingerprint density at radius 3 is 2.17 bits per heavy atom. The summed E-state index contributed by atoms with van der Waals surface area (Å²) in [6.07, 6.45) is 0.511. The zero-order valence-corrected chi connectivity index (χ0v) is 14.4. The van der Waals surface area contributed by atoms with Crippen LogP contribution in [0.4, 0.5) is 0 Å². The van der Waals surface area contributed by atoms with Crippen LogP contribution in [0.2, 0.25) is 0 Å². The van der Waals surface area contributed by atoms with Gasteiger partial charge in [0.15, 0.2) is 0 Å². The van der Waals surface area contributed by atoms with Crippen molar-refractivity contribution in [2.45, 2.75) is 12.8 Å². The van der Waals surface area contributed by atoms with Crippen molar-refractivity contribution in [2.24, 2.45) is 0 Å². The number of carbonyl (C=O) groups excluding carboxylic acids is 2. The van der Waals surface area contributed by atoms with Crippen molar-refractivity contribution in [2.75, 3.05) is 47.9 Å². The molecule has 0 saturated carbocycles. The number of esters is 1. The first kappa shape index (κ1) is 19.0. The minimum Gasteiger partial charge on any atom is -0.497 e. The number of carbonyl (C=O) groups is 2. The first-order valence-electron chi connectivity index (χ1n) is 7.58. The summed E-state index contributed by atoms with van der Waals surface area (Å²) in [6.45, 7) is 1.70. The topological polar surface area (TPSA) is 59.1 Å². The molecular weight excluding hydrogens is 296 g/mol. The third-order valence-electron chi connectivity index (χ3n) is 3.50. The van der Waals surface area contributed by atoms with E-state index in [0.717, 1.165) is 17.9 Å². The van der Waals surface area contributed by atoms with Gasteiger partial charge < -0.3 is 19.3 Å². The van der Waals surface area contributed by atoms with E-state index in [0.29, 0.717) is 19.5 Å². The quantitative estimate of drug-likeness (QED) is 0.639. The number of hydrogen-bond donors (Lipinski definition) is 0. The van der Waals surface area contributed by atoms with E-state index in [9.17, 15) is 9.59 Å². The second kappa shape index (κ2) is 9.84. The zero-order valence-electron chi connectivity index (χ0n) is 14.4. The Hall–Kier alpha value is -2.08. The predicted octanol–water partition coefficient (Wildman–Crippen LogP) is 1.19. The fourth-order valence-corrected chi connectivity index (χ4v) is 2.04. The summed E-state index contributed by atoms with van der Waals surface area (Å²) >= 11 is 0. The molecule has 1 aromatic carbocycles. The van der Waals surface area contributed by atoms with Crippen LogP contribution in [-0.2, 0) is 20.7 Å². The third-order valence-corrected chi connectivity index (χ3v) is 3.50. The van der Waals surface area contributed by atoms with Crippen molar-refractivity contribution in [1.82, 2.24) is 9.80 Å². The van der Waals surface area contributed by atoms with Crippen LogP contribution in [0.3, 0.4) is 0 Å². The van der Waals surface area contributed by atoms with Crippen molar-refractivity contribution < 1.29 is 19.1 Å². The highest BCUT2D eigenvalue weighted by Crippen LogP contribution is 2.12. The second-order valence-corrected chi connectivity index (χ2v) is 5.54. The Kier molecular flexibility index (Phi) is 8.11. The second-order valence-electron chi connectivity index (χ2n) is 5.54. The molecule has 23 heavy (non-hydrogen) atoms. The van der Waals surface area contributed by atoms with Crippen LogP contribution in [0, 0.1) is 0 Å². The lowest BCUT2D eigenvalue weighted by molar-refractivity contribution is -0.141. The van der Waals surface area contributed by atoms with Gasteiger partial charge >= 0.3 is 5.97 Å². The number of likely N-dealkylation sites (N-methyl/N-ethyl adjacent to an activating group) is 1. The number of rotatable bonds is 9. The highest BCUT2D eigenvalue weighted by atomic mass is 16.5. The van der Waals surface area contributed by atoms with E-state index >= 15 is 0 Å². The monoisotopic (exact) mass is 322 g/mol. The molecule has 1 aromatic rings. The largest absolute Gasteiger partial charge is 0.497 e. The van der Waals surface area contributed by atoms with Crippen molar-refractivity contribution in [3.63, 3.8) is 0 Å². The smallest absolute Gasteiger partial charge is 0.307 e. The van der Waals surface area contributed by atoms with Crippen LogP contribution in [0.25, 0.3) is 0 Å². The van der Waals surface area contributed by atoms with E-state index in [-0.39, 0.29) is 18.3 Å². The molecular formula is C17H26N2O4. The van der Waals surface area contributed by atoms with Gasteiger partial charge in [-0.1, -0.05) is 12.1 Å². The van der Waals surface area contributed by atoms with E-state index in [1.807, 2.05) is 43.3 Å². The molecule has 0 aromatic heterocycles. The summed E-state index contributed by atoms with van der Waals surface area (Å²) in [5, 5.41) is 0. The molecule has 6 heteroatoms. The van der Waals surface area contributed by atoms with Crippen LogP contribution in [-0.4, -0.2) is 69.6 Å². The van der Waals surface area contributed by atoms with Crippen molar-refractivity contribution in [3.8, 4) is 5.75 Å². The SMILES string of the molecule is COC(=O)CCN(CCN(C)C)C(=O)Cc1ccc(OC)cc1. The summed E-state index contributed by atoms with van der Waals surface area (Å²) in [5.41, 5.74) is 0.920. The summed E-state index contributed by atoms with van der Waals surface area (Å²) in [6, 6.07) is 7.42. The van der Waals surface area contributed by atoms with E-state index in [1.54, 1.807) is 12.0 Å². The highest BCUT2D eigenvalue weighted by Gasteiger charge is 2.16. The fourth-order valence-electron chi connectivity index (χ4n) is 2.04. The van der Waals surface area contributed by atoms with Crippen LogP contribution in [0.5, 0.6) is 5.75 Å². The normalized spacial score (nSPS) is 10.5. The summed E-state index contributed by atoms with van der Waals surface area (Å²) in [5.74, 6) is 0.453. The van der Waals surface area contributed by atoms with Crippen LogP contribution in [0.15, 0.2) is 24.3 Å². The first-order chi connectivity index (χ1) is 11.0. The van der Waals surface area contributed by atoms with E-state index in [4.69, 9.17) is 4.74 Å². The fraction of sp³-hybridized carbons (Fsp3) is 0.529.